The summed E-state index contributed by atoms with van der Waals surface area (Å²) in [7, 11) is 1.69. The number of ether oxygens (including phenoxy) is 1. The maximum atomic E-state index is 11.0. The van der Waals surface area contributed by atoms with E-state index in [2.05, 4.69) is 59.4 Å². The number of hydrogen-bond acceptors (Lipinski definition) is 6. The number of unbranched alkanes of at least 4 members (excludes halogenated alkanes) is 6. The number of H-pyrrole nitrogens is 2. The number of aromatic hydroxyl groups is 1. The molecule has 2 saturated carbocycles. The number of aromatic nitrogens is 5. The molecule has 9 heteroatoms. The maximum Gasteiger partial charge on any atom is 0.146 e. The van der Waals surface area contributed by atoms with E-state index >= 15 is 0 Å². The van der Waals surface area contributed by atoms with Gasteiger partial charge in [0.2, 0.25) is 0 Å². The van der Waals surface area contributed by atoms with E-state index < -0.39 is 0 Å². The van der Waals surface area contributed by atoms with Crippen LogP contribution in [0.5, 0.6) is 5.75 Å². The average Bonchev–Trinajstić information content (AvgIpc) is 4.05. The molecule has 304 valence electrons. The van der Waals surface area contributed by atoms with Gasteiger partial charge in [-0.1, -0.05) is 56.7 Å². The molecule has 2 unspecified atom stereocenters. The lowest BCUT2D eigenvalue weighted by Gasteiger charge is -2.53. The van der Waals surface area contributed by atoms with E-state index in [1.807, 2.05) is 41.2 Å². The predicted molar refractivity (Wildman–Crippen MR) is 227 cm³/mol. The molecule has 0 spiro atoms. The highest BCUT2D eigenvalue weighted by Crippen LogP contribution is 2.62. The molecule has 4 aliphatic rings. The molecule has 1 aliphatic heterocycles. The van der Waals surface area contributed by atoms with Crippen molar-refractivity contribution in [1.82, 2.24) is 25.0 Å². The Morgan fingerprint density at radius 2 is 1.82 bits per heavy atom. The molecule has 1 aromatic carbocycles. The molecule has 3 aliphatic carbocycles. The Labute approximate surface area is 339 Å². The first-order chi connectivity index (χ1) is 27.7. The van der Waals surface area contributed by atoms with Gasteiger partial charge in [-0.2, -0.15) is 0 Å². The number of rotatable bonds is 17. The Kier molecular flexibility index (Phi) is 11.9. The number of nitrogens with one attached hydrogen (secondary N) is 2. The number of phenols is 1. The van der Waals surface area contributed by atoms with Crippen LogP contribution in [0, 0.1) is 37.0 Å². The first-order valence-corrected chi connectivity index (χ1v) is 22.0. The third kappa shape index (κ3) is 8.32. The average molecular weight is 773 g/mol. The number of aromatic amines is 2. The standard InChI is InChI=1S/C48H64N6O3/c1-31-37(32(2)50-42(31)28-44-45(57-4)29-43(51-44)41-17-12-24-49-41)16-13-25-54-30-35(52-53-54)15-11-9-7-5-6-8-10-14-33-26-34-27-36(55)18-19-38(34)39-22-23-48(3)40(47(33)39)20-21-46(48)56/h12,17-19,24,27-30,33,39-40,46-47,49-50,55-56H,5-11,13-16,20-23,25-26H2,1-4H3/b44-28-/t33-,39?,40+,46+,47?,48+/m1/s1. The fourth-order valence-electron chi connectivity index (χ4n) is 11.4. The summed E-state index contributed by atoms with van der Waals surface area (Å²) >= 11 is 0. The van der Waals surface area contributed by atoms with Crippen LogP contribution >= 0.6 is 0 Å². The number of allylic oxidation sites excluding steroid dienone is 1. The van der Waals surface area contributed by atoms with Gasteiger partial charge in [-0.25, -0.2) is 4.99 Å². The van der Waals surface area contributed by atoms with Crippen LogP contribution in [0.15, 0.2) is 65.3 Å². The van der Waals surface area contributed by atoms with Crippen LogP contribution < -0.4 is 0 Å². The van der Waals surface area contributed by atoms with Gasteiger partial charge < -0.3 is 24.9 Å². The number of fused-ring (bicyclic) bond motifs is 5. The van der Waals surface area contributed by atoms with E-state index in [0.717, 1.165) is 79.3 Å². The summed E-state index contributed by atoms with van der Waals surface area (Å²) in [5.41, 5.74) is 11.6. The Balaban J connectivity index is 0.738. The van der Waals surface area contributed by atoms with Gasteiger partial charge in [-0.15, -0.1) is 5.10 Å². The number of hydrogen-bond donors (Lipinski definition) is 4. The summed E-state index contributed by atoms with van der Waals surface area (Å²) in [6, 6.07) is 10.1. The van der Waals surface area contributed by atoms with Gasteiger partial charge in [-0.3, -0.25) is 4.68 Å². The lowest BCUT2D eigenvalue weighted by Crippen LogP contribution is -2.47. The molecule has 0 bridgehead atoms. The number of aliphatic hydroxyl groups is 1. The van der Waals surface area contributed by atoms with Gasteiger partial charge >= 0.3 is 0 Å². The highest BCUT2D eigenvalue weighted by atomic mass is 16.5. The Hall–Kier alpha value is -4.37. The SMILES string of the molecule is COC1=CC(c2ccc[nH]2)=N/C1=C\c1[nH]c(C)c(CCCn2cc(CCCCCCCCC[C@@H]3Cc4cc(O)ccc4C4CC[C@]5(C)[C@@H](O)CC[C@H]5C43)nn2)c1C. The molecule has 0 amide bonds. The second-order valence-electron chi connectivity index (χ2n) is 18.0. The van der Waals surface area contributed by atoms with E-state index in [9.17, 15) is 10.2 Å². The normalized spacial score (nSPS) is 26.0. The quantitative estimate of drug-likeness (QED) is 0.0796. The molecule has 9 nitrogen and oxygen atoms in total. The van der Waals surface area contributed by atoms with Crippen molar-refractivity contribution in [3.63, 3.8) is 0 Å². The number of aryl methyl sites for hydroxylation is 3. The van der Waals surface area contributed by atoms with Crippen molar-refractivity contribution in [3.05, 3.63) is 105 Å². The van der Waals surface area contributed by atoms with Crippen LogP contribution in [0.4, 0.5) is 0 Å². The summed E-state index contributed by atoms with van der Waals surface area (Å²) in [6.07, 6.45) is 26.6. The van der Waals surface area contributed by atoms with E-state index in [4.69, 9.17) is 9.73 Å². The molecular weight excluding hydrogens is 709 g/mol. The molecule has 4 aromatic rings. The lowest BCUT2D eigenvalue weighted by molar-refractivity contribution is -0.0396. The Morgan fingerprint density at radius 3 is 2.63 bits per heavy atom. The fraction of sp³-hybridized carbons (Fsp3) is 0.562. The topological polar surface area (TPSA) is 124 Å². The molecule has 3 aromatic heterocycles. The lowest BCUT2D eigenvalue weighted by atomic mass is 9.52. The molecule has 2 fully saturated rings. The number of aliphatic hydroxyl groups excluding tert-OH is 1. The Bertz CT molecular complexity index is 2090. The minimum absolute atomic E-state index is 0.0845. The van der Waals surface area contributed by atoms with Gasteiger partial charge in [-0.05, 0) is 160 Å². The third-order valence-corrected chi connectivity index (χ3v) is 14.5. The van der Waals surface area contributed by atoms with Crippen molar-refractivity contribution in [2.24, 2.45) is 28.2 Å². The van der Waals surface area contributed by atoms with Crippen molar-refractivity contribution in [1.29, 1.82) is 0 Å². The van der Waals surface area contributed by atoms with Crippen LogP contribution in [0.1, 0.15) is 141 Å². The van der Waals surface area contributed by atoms with E-state index in [-0.39, 0.29) is 11.5 Å². The molecular formula is C48H64N6O3. The van der Waals surface area contributed by atoms with Crippen LogP contribution in [0.3, 0.4) is 0 Å². The first-order valence-electron chi connectivity index (χ1n) is 22.0. The second kappa shape index (κ2) is 17.2. The number of benzene rings is 1. The molecule has 4 heterocycles. The van der Waals surface area contributed by atoms with Gasteiger partial charge in [0.1, 0.15) is 17.2 Å². The van der Waals surface area contributed by atoms with E-state index in [0.29, 0.717) is 29.4 Å². The van der Waals surface area contributed by atoms with Crippen molar-refractivity contribution >= 4 is 11.8 Å². The minimum atomic E-state index is -0.142. The smallest absolute Gasteiger partial charge is 0.146 e. The molecule has 6 atom stereocenters. The zero-order valence-electron chi connectivity index (χ0n) is 34.7. The number of phenolic OH excluding ortho intramolecular Hbond substituents is 1. The second-order valence-corrected chi connectivity index (χ2v) is 18.0. The third-order valence-electron chi connectivity index (χ3n) is 14.5. The predicted octanol–water partition coefficient (Wildman–Crippen LogP) is 10.1. The summed E-state index contributed by atoms with van der Waals surface area (Å²) in [5.74, 6) is 3.72. The molecule has 57 heavy (non-hydrogen) atoms. The highest BCUT2D eigenvalue weighted by molar-refractivity contribution is 6.11. The zero-order chi connectivity index (χ0) is 39.5. The van der Waals surface area contributed by atoms with Gasteiger partial charge in [0.15, 0.2) is 0 Å². The van der Waals surface area contributed by atoms with Gasteiger partial charge in [0.25, 0.3) is 0 Å². The summed E-state index contributed by atoms with van der Waals surface area (Å²) in [6.45, 7) is 7.57. The molecule has 4 N–H and O–H groups in total. The maximum absolute atomic E-state index is 11.0. The van der Waals surface area contributed by atoms with Gasteiger partial charge in [0, 0.05) is 36.4 Å². The van der Waals surface area contributed by atoms with Crippen molar-refractivity contribution in [2.45, 2.75) is 142 Å². The highest BCUT2D eigenvalue weighted by Gasteiger charge is 2.56. The number of nitrogens with zero attached hydrogens (tertiary/aromatic N) is 4. The van der Waals surface area contributed by atoms with Crippen LogP contribution in [0.25, 0.3) is 6.08 Å². The van der Waals surface area contributed by atoms with E-state index in [1.54, 1.807) is 7.11 Å². The van der Waals surface area contributed by atoms with E-state index in [1.165, 1.54) is 92.2 Å². The van der Waals surface area contributed by atoms with Crippen molar-refractivity contribution in [3.8, 4) is 5.75 Å². The van der Waals surface area contributed by atoms with Crippen molar-refractivity contribution < 1.29 is 14.9 Å². The number of methoxy groups -OCH3 is 1. The molecule has 8 rings (SSSR count). The molecule has 0 saturated heterocycles. The van der Waals surface area contributed by atoms with Crippen LogP contribution in [-0.4, -0.2) is 54.1 Å². The number of aliphatic imine (C=N–C) groups is 1. The summed E-state index contributed by atoms with van der Waals surface area (Å²) in [5, 5.41) is 30.2. The van der Waals surface area contributed by atoms with Gasteiger partial charge in [0.05, 0.1) is 30.3 Å². The largest absolute Gasteiger partial charge is 0.508 e. The van der Waals surface area contributed by atoms with Crippen molar-refractivity contribution in [2.75, 3.05) is 7.11 Å². The molecule has 0 radical (unpaired) electrons. The Morgan fingerprint density at radius 1 is 1.00 bits per heavy atom. The summed E-state index contributed by atoms with van der Waals surface area (Å²) < 4.78 is 7.66. The first kappa shape index (κ1) is 39.5. The fourth-order valence-corrected chi connectivity index (χ4v) is 11.4. The minimum Gasteiger partial charge on any atom is -0.508 e. The summed E-state index contributed by atoms with van der Waals surface area (Å²) in [4.78, 5) is 11.6. The van der Waals surface area contributed by atoms with Crippen LogP contribution in [0.2, 0.25) is 0 Å². The zero-order valence-corrected chi connectivity index (χ0v) is 34.7. The monoisotopic (exact) mass is 773 g/mol. The van der Waals surface area contributed by atoms with Crippen LogP contribution in [-0.2, 0) is 30.5 Å².